The van der Waals surface area contributed by atoms with E-state index in [0.717, 1.165) is 0 Å². The second-order valence-corrected chi connectivity index (χ2v) is 2.31. The predicted octanol–water partition coefficient (Wildman–Crippen LogP) is 0.475. The van der Waals surface area contributed by atoms with Gasteiger partial charge in [-0.15, -0.1) is 0 Å². The molecule has 1 aliphatic rings. The Hall–Kier alpha value is -1.26. The molecular formula is C7H10O5. The lowest BCUT2D eigenvalue weighted by atomic mass is 10.3. The van der Waals surface area contributed by atoms with Crippen LogP contribution in [0.5, 0.6) is 0 Å². The SMILES string of the molecule is CCOC(=O)C[C@H]1COC(=O)O1. The topological polar surface area (TPSA) is 61.8 Å². The molecule has 1 atom stereocenters. The minimum Gasteiger partial charge on any atom is -0.466 e. The van der Waals surface area contributed by atoms with Crippen molar-refractivity contribution in [1.29, 1.82) is 0 Å². The quantitative estimate of drug-likeness (QED) is 0.582. The van der Waals surface area contributed by atoms with Gasteiger partial charge in [0.05, 0.1) is 13.0 Å². The van der Waals surface area contributed by atoms with Crippen molar-refractivity contribution in [2.75, 3.05) is 13.2 Å². The fraction of sp³-hybridized carbons (Fsp3) is 0.714. The molecule has 0 saturated carbocycles. The van der Waals surface area contributed by atoms with E-state index in [9.17, 15) is 9.59 Å². The summed E-state index contributed by atoms with van der Waals surface area (Å²) in [6, 6.07) is 0. The van der Waals surface area contributed by atoms with Crippen molar-refractivity contribution in [1.82, 2.24) is 0 Å². The molecule has 0 aromatic carbocycles. The smallest absolute Gasteiger partial charge is 0.466 e. The molecule has 0 bridgehead atoms. The van der Waals surface area contributed by atoms with Crippen LogP contribution >= 0.6 is 0 Å². The number of esters is 1. The van der Waals surface area contributed by atoms with Crippen molar-refractivity contribution in [3.05, 3.63) is 0 Å². The highest BCUT2D eigenvalue weighted by Crippen LogP contribution is 2.10. The highest BCUT2D eigenvalue weighted by atomic mass is 16.8. The first kappa shape index (κ1) is 8.83. The molecule has 1 aliphatic heterocycles. The van der Waals surface area contributed by atoms with Gasteiger partial charge in [-0.3, -0.25) is 4.79 Å². The highest BCUT2D eigenvalue weighted by Gasteiger charge is 2.27. The number of hydrogen-bond acceptors (Lipinski definition) is 5. The van der Waals surface area contributed by atoms with Gasteiger partial charge in [0.15, 0.2) is 0 Å². The summed E-state index contributed by atoms with van der Waals surface area (Å²) in [7, 11) is 0. The summed E-state index contributed by atoms with van der Waals surface area (Å²) in [5.74, 6) is -0.374. The normalized spacial score (nSPS) is 21.4. The van der Waals surface area contributed by atoms with Crippen LogP contribution in [-0.4, -0.2) is 31.4 Å². The first-order valence-corrected chi connectivity index (χ1v) is 3.71. The number of hydrogen-bond donors (Lipinski definition) is 0. The van der Waals surface area contributed by atoms with Crippen LogP contribution in [0.2, 0.25) is 0 Å². The average molecular weight is 174 g/mol. The third-order valence-corrected chi connectivity index (χ3v) is 1.35. The molecule has 1 saturated heterocycles. The van der Waals surface area contributed by atoms with Crippen LogP contribution in [0.3, 0.4) is 0 Å². The number of rotatable bonds is 3. The highest BCUT2D eigenvalue weighted by molar-refractivity contribution is 5.71. The summed E-state index contributed by atoms with van der Waals surface area (Å²) < 4.78 is 13.7. The van der Waals surface area contributed by atoms with Crippen molar-refractivity contribution in [3.63, 3.8) is 0 Å². The molecule has 0 aromatic rings. The van der Waals surface area contributed by atoms with Crippen molar-refractivity contribution < 1.29 is 23.8 Å². The largest absolute Gasteiger partial charge is 0.508 e. The third kappa shape index (κ3) is 2.41. The van der Waals surface area contributed by atoms with Gasteiger partial charge >= 0.3 is 12.1 Å². The van der Waals surface area contributed by atoms with Crippen molar-refractivity contribution >= 4 is 12.1 Å². The number of carbonyl (C=O) groups excluding carboxylic acids is 2. The van der Waals surface area contributed by atoms with Crippen LogP contribution in [0.4, 0.5) is 4.79 Å². The van der Waals surface area contributed by atoms with E-state index in [0.29, 0.717) is 6.61 Å². The van der Waals surface area contributed by atoms with Gasteiger partial charge in [0.25, 0.3) is 0 Å². The molecule has 0 aromatic heterocycles. The summed E-state index contributed by atoms with van der Waals surface area (Å²) in [5.41, 5.74) is 0. The van der Waals surface area contributed by atoms with E-state index in [1.54, 1.807) is 6.92 Å². The van der Waals surface area contributed by atoms with Crippen molar-refractivity contribution in [3.8, 4) is 0 Å². The van der Waals surface area contributed by atoms with Crippen LogP contribution < -0.4 is 0 Å². The van der Waals surface area contributed by atoms with Gasteiger partial charge in [0, 0.05) is 0 Å². The lowest BCUT2D eigenvalue weighted by Crippen LogP contribution is -2.17. The van der Waals surface area contributed by atoms with Gasteiger partial charge in [-0.1, -0.05) is 0 Å². The Morgan fingerprint density at radius 1 is 1.75 bits per heavy atom. The second kappa shape index (κ2) is 3.94. The lowest BCUT2D eigenvalue weighted by molar-refractivity contribution is -0.144. The van der Waals surface area contributed by atoms with E-state index in [2.05, 4.69) is 14.2 Å². The maximum Gasteiger partial charge on any atom is 0.508 e. The van der Waals surface area contributed by atoms with Gasteiger partial charge in [-0.25, -0.2) is 4.79 Å². The van der Waals surface area contributed by atoms with Gasteiger partial charge in [0.1, 0.15) is 12.7 Å². The maximum atomic E-state index is 10.8. The van der Waals surface area contributed by atoms with E-state index in [1.165, 1.54) is 0 Å². The van der Waals surface area contributed by atoms with Gasteiger partial charge in [0.2, 0.25) is 0 Å². The Labute approximate surface area is 69.6 Å². The minimum atomic E-state index is -0.718. The molecule has 0 spiro atoms. The van der Waals surface area contributed by atoms with Gasteiger partial charge < -0.3 is 14.2 Å². The monoisotopic (exact) mass is 174 g/mol. The number of carbonyl (C=O) groups is 2. The average Bonchev–Trinajstić information content (AvgIpc) is 2.36. The molecule has 0 aliphatic carbocycles. The molecule has 0 N–H and O–H groups in total. The van der Waals surface area contributed by atoms with E-state index in [1.807, 2.05) is 0 Å². The molecular weight excluding hydrogens is 164 g/mol. The molecule has 1 rings (SSSR count). The molecule has 12 heavy (non-hydrogen) atoms. The van der Waals surface area contributed by atoms with Crippen LogP contribution in [0, 0.1) is 0 Å². The number of ether oxygens (including phenoxy) is 3. The third-order valence-electron chi connectivity index (χ3n) is 1.35. The summed E-state index contributed by atoms with van der Waals surface area (Å²) in [4.78, 5) is 21.2. The molecule has 68 valence electrons. The predicted molar refractivity (Wildman–Crippen MR) is 37.5 cm³/mol. The number of cyclic esters (lactones) is 2. The summed E-state index contributed by atoms with van der Waals surface area (Å²) in [5, 5.41) is 0. The van der Waals surface area contributed by atoms with E-state index >= 15 is 0 Å². The Morgan fingerprint density at radius 3 is 3.00 bits per heavy atom. The van der Waals surface area contributed by atoms with Crippen LogP contribution in [0.25, 0.3) is 0 Å². The van der Waals surface area contributed by atoms with Crippen LogP contribution in [0.15, 0.2) is 0 Å². The Balaban J connectivity index is 2.23. The second-order valence-electron chi connectivity index (χ2n) is 2.31. The van der Waals surface area contributed by atoms with Gasteiger partial charge in [-0.05, 0) is 6.92 Å². The molecule has 5 nitrogen and oxygen atoms in total. The summed E-state index contributed by atoms with van der Waals surface area (Å²) in [6.07, 6.45) is -1.12. The fourth-order valence-electron chi connectivity index (χ4n) is 0.872. The zero-order chi connectivity index (χ0) is 8.97. The van der Waals surface area contributed by atoms with Gasteiger partial charge in [-0.2, -0.15) is 0 Å². The first-order chi connectivity index (χ1) is 5.72. The Bertz CT molecular complexity index is 188. The molecule has 0 amide bonds. The molecule has 0 radical (unpaired) electrons. The molecule has 0 unspecified atom stereocenters. The maximum absolute atomic E-state index is 10.8. The van der Waals surface area contributed by atoms with E-state index in [-0.39, 0.29) is 19.0 Å². The minimum absolute atomic E-state index is 0.0690. The molecule has 1 fully saturated rings. The van der Waals surface area contributed by atoms with Crippen molar-refractivity contribution in [2.24, 2.45) is 0 Å². The summed E-state index contributed by atoms with van der Waals surface area (Å²) in [6.45, 7) is 2.19. The lowest BCUT2D eigenvalue weighted by Gasteiger charge is -2.04. The van der Waals surface area contributed by atoms with Crippen molar-refractivity contribution in [2.45, 2.75) is 19.4 Å². The first-order valence-electron chi connectivity index (χ1n) is 3.71. The fourth-order valence-corrected chi connectivity index (χ4v) is 0.872. The zero-order valence-electron chi connectivity index (χ0n) is 6.74. The van der Waals surface area contributed by atoms with Crippen LogP contribution in [0.1, 0.15) is 13.3 Å². The van der Waals surface area contributed by atoms with E-state index < -0.39 is 12.3 Å². The standard InChI is InChI=1S/C7H10O5/c1-2-10-6(8)3-5-4-11-7(9)12-5/h5H,2-4H2,1H3/t5-/m0/s1. The summed E-state index contributed by atoms with van der Waals surface area (Å²) >= 11 is 0. The zero-order valence-corrected chi connectivity index (χ0v) is 6.74. The van der Waals surface area contributed by atoms with E-state index in [4.69, 9.17) is 0 Å². The Morgan fingerprint density at radius 2 is 2.50 bits per heavy atom. The van der Waals surface area contributed by atoms with Crippen LogP contribution in [-0.2, 0) is 19.0 Å². The molecule has 5 heteroatoms. The molecule has 1 heterocycles. The Kier molecular flexibility index (Phi) is 2.90.